The van der Waals surface area contributed by atoms with Gasteiger partial charge in [0.2, 0.25) is 0 Å². The first-order valence-electron chi connectivity index (χ1n) is 8.72. The number of nitrogens with one attached hydrogen (secondary N) is 2. The molecule has 26 heavy (non-hydrogen) atoms. The number of rotatable bonds is 7. The number of halogens is 1. The van der Waals surface area contributed by atoms with Gasteiger partial charge in [-0.2, -0.15) is 0 Å². The van der Waals surface area contributed by atoms with E-state index in [1.807, 2.05) is 13.0 Å². The Morgan fingerprint density at radius 2 is 2.04 bits per heavy atom. The first-order chi connectivity index (χ1) is 12.6. The Morgan fingerprint density at radius 3 is 2.81 bits per heavy atom. The average Bonchev–Trinajstić information content (AvgIpc) is 3.12. The second-order valence-corrected chi connectivity index (χ2v) is 6.63. The van der Waals surface area contributed by atoms with Crippen molar-refractivity contribution in [2.24, 2.45) is 0 Å². The van der Waals surface area contributed by atoms with Crippen LogP contribution in [0.3, 0.4) is 0 Å². The molecule has 1 heterocycles. The molecule has 3 rings (SSSR count). The van der Waals surface area contributed by atoms with Crippen LogP contribution < -0.4 is 20.1 Å². The van der Waals surface area contributed by atoms with Crippen LogP contribution in [0.15, 0.2) is 30.3 Å². The van der Waals surface area contributed by atoms with Crippen LogP contribution in [-0.4, -0.2) is 19.6 Å². The van der Waals surface area contributed by atoms with Gasteiger partial charge in [-0.15, -0.1) is 0 Å². The molecule has 138 valence electrons. The number of carbonyl (C=O) groups is 1. The van der Waals surface area contributed by atoms with Crippen molar-refractivity contribution in [1.29, 1.82) is 0 Å². The van der Waals surface area contributed by atoms with Gasteiger partial charge in [0.05, 0.1) is 18.7 Å². The van der Waals surface area contributed by atoms with E-state index in [0.717, 1.165) is 25.1 Å². The summed E-state index contributed by atoms with van der Waals surface area (Å²) in [5.41, 5.74) is 4.12. The van der Waals surface area contributed by atoms with E-state index in [1.54, 1.807) is 12.1 Å². The van der Waals surface area contributed by atoms with Gasteiger partial charge in [0.15, 0.2) is 11.5 Å². The predicted molar refractivity (Wildman–Crippen MR) is 102 cm³/mol. The quantitative estimate of drug-likeness (QED) is 0.776. The first kappa shape index (κ1) is 18.5. The molecule has 1 amide bonds. The van der Waals surface area contributed by atoms with Crippen LogP contribution in [0.4, 0.5) is 0 Å². The summed E-state index contributed by atoms with van der Waals surface area (Å²) in [7, 11) is 1.53. The third-order valence-electron chi connectivity index (χ3n) is 4.30. The van der Waals surface area contributed by atoms with Crippen molar-refractivity contribution in [2.45, 2.75) is 33.0 Å². The van der Waals surface area contributed by atoms with Crippen LogP contribution in [-0.2, 0) is 19.6 Å². The van der Waals surface area contributed by atoms with Gasteiger partial charge in [0.1, 0.15) is 0 Å². The van der Waals surface area contributed by atoms with Gasteiger partial charge < -0.3 is 20.1 Å². The number of fused-ring (bicyclic) bond motifs is 1. The molecule has 0 saturated carbocycles. The maximum absolute atomic E-state index is 12.5. The zero-order chi connectivity index (χ0) is 18.5. The summed E-state index contributed by atoms with van der Waals surface area (Å²) in [6.45, 7) is 4.79. The second kappa shape index (κ2) is 8.43. The normalized spacial score (nSPS) is 12.6. The minimum atomic E-state index is -0.203. The Labute approximate surface area is 158 Å². The van der Waals surface area contributed by atoms with Gasteiger partial charge in [0, 0.05) is 25.2 Å². The van der Waals surface area contributed by atoms with Crippen LogP contribution in [0.25, 0.3) is 0 Å². The van der Waals surface area contributed by atoms with Gasteiger partial charge in [-0.25, -0.2) is 0 Å². The molecule has 5 nitrogen and oxygen atoms in total. The largest absolute Gasteiger partial charge is 0.493 e. The lowest BCUT2D eigenvalue weighted by atomic mass is 10.1. The Morgan fingerprint density at radius 1 is 1.23 bits per heavy atom. The van der Waals surface area contributed by atoms with Gasteiger partial charge in [-0.3, -0.25) is 4.79 Å². The molecular formula is C20H23ClN2O3. The molecular weight excluding hydrogens is 352 g/mol. The summed E-state index contributed by atoms with van der Waals surface area (Å²) in [6.07, 6.45) is 0.859. The Balaban J connectivity index is 1.70. The minimum Gasteiger partial charge on any atom is -0.493 e. The van der Waals surface area contributed by atoms with Crippen molar-refractivity contribution in [3.05, 3.63) is 57.6 Å². The van der Waals surface area contributed by atoms with E-state index in [0.29, 0.717) is 35.2 Å². The maximum Gasteiger partial charge on any atom is 0.251 e. The SMILES string of the molecule is CCCOc1c(Cl)cc(C(=O)NCc2ccc3c(c2)CNC3)cc1OC. The van der Waals surface area contributed by atoms with Crippen molar-refractivity contribution in [3.8, 4) is 11.5 Å². The fourth-order valence-corrected chi connectivity index (χ4v) is 3.20. The Hall–Kier alpha value is -2.24. The van der Waals surface area contributed by atoms with Gasteiger partial charge in [-0.05, 0) is 35.2 Å². The van der Waals surface area contributed by atoms with E-state index >= 15 is 0 Å². The molecule has 0 radical (unpaired) electrons. The third kappa shape index (κ3) is 4.11. The van der Waals surface area contributed by atoms with Crippen molar-refractivity contribution in [1.82, 2.24) is 10.6 Å². The summed E-state index contributed by atoms with van der Waals surface area (Å²) in [4.78, 5) is 12.5. The lowest BCUT2D eigenvalue weighted by Crippen LogP contribution is -2.23. The number of hydrogen-bond donors (Lipinski definition) is 2. The summed E-state index contributed by atoms with van der Waals surface area (Å²) in [5, 5.41) is 6.62. The molecule has 0 aromatic heterocycles. The molecule has 2 aromatic rings. The second-order valence-electron chi connectivity index (χ2n) is 6.23. The van der Waals surface area contributed by atoms with Crippen LogP contribution in [0.1, 0.15) is 40.4 Å². The fraction of sp³-hybridized carbons (Fsp3) is 0.350. The highest BCUT2D eigenvalue weighted by Gasteiger charge is 2.16. The van der Waals surface area contributed by atoms with Gasteiger partial charge in [-0.1, -0.05) is 36.7 Å². The zero-order valence-electron chi connectivity index (χ0n) is 15.0. The molecule has 0 aliphatic carbocycles. The number of benzene rings is 2. The van der Waals surface area contributed by atoms with E-state index in [9.17, 15) is 4.79 Å². The van der Waals surface area contributed by atoms with Crippen LogP contribution in [0.5, 0.6) is 11.5 Å². The van der Waals surface area contributed by atoms with Gasteiger partial charge >= 0.3 is 0 Å². The van der Waals surface area contributed by atoms with Crippen LogP contribution in [0.2, 0.25) is 5.02 Å². The van der Waals surface area contributed by atoms with Gasteiger partial charge in [0.25, 0.3) is 5.91 Å². The average molecular weight is 375 g/mol. The van der Waals surface area contributed by atoms with Crippen molar-refractivity contribution in [3.63, 3.8) is 0 Å². The Bertz CT molecular complexity index is 808. The van der Waals surface area contributed by atoms with E-state index in [-0.39, 0.29) is 5.91 Å². The molecule has 1 aliphatic rings. The molecule has 2 N–H and O–H groups in total. The lowest BCUT2D eigenvalue weighted by molar-refractivity contribution is 0.0950. The molecule has 0 fully saturated rings. The number of amides is 1. The standard InChI is InChI=1S/C20H23ClN2O3/c1-3-6-26-19-17(21)8-15(9-18(19)25-2)20(24)23-10-13-4-5-14-11-22-12-16(14)7-13/h4-5,7-9,22H,3,6,10-12H2,1-2H3,(H,23,24). The molecule has 1 aliphatic heterocycles. The maximum atomic E-state index is 12.5. The van der Waals surface area contributed by atoms with Crippen molar-refractivity contribution < 1.29 is 14.3 Å². The lowest BCUT2D eigenvalue weighted by Gasteiger charge is -2.14. The fourth-order valence-electron chi connectivity index (χ4n) is 2.94. The molecule has 0 spiro atoms. The summed E-state index contributed by atoms with van der Waals surface area (Å²) in [6, 6.07) is 9.54. The minimum absolute atomic E-state index is 0.203. The summed E-state index contributed by atoms with van der Waals surface area (Å²) >= 11 is 6.28. The number of ether oxygens (including phenoxy) is 2. The predicted octanol–water partition coefficient (Wildman–Crippen LogP) is 3.67. The van der Waals surface area contributed by atoms with Crippen LogP contribution in [0, 0.1) is 0 Å². The highest BCUT2D eigenvalue weighted by Crippen LogP contribution is 2.36. The number of carbonyl (C=O) groups excluding carboxylic acids is 1. The topological polar surface area (TPSA) is 59.6 Å². The molecule has 0 saturated heterocycles. The zero-order valence-corrected chi connectivity index (χ0v) is 15.8. The van der Waals surface area contributed by atoms with E-state index in [1.165, 1.54) is 18.2 Å². The monoisotopic (exact) mass is 374 g/mol. The number of methoxy groups -OCH3 is 1. The summed E-state index contributed by atoms with van der Waals surface area (Å²) < 4.78 is 11.0. The Kier molecular flexibility index (Phi) is 6.01. The van der Waals surface area contributed by atoms with Crippen LogP contribution >= 0.6 is 11.6 Å². The molecule has 0 bridgehead atoms. The molecule has 0 atom stereocenters. The number of hydrogen-bond acceptors (Lipinski definition) is 4. The van der Waals surface area contributed by atoms with Crippen molar-refractivity contribution >= 4 is 17.5 Å². The summed E-state index contributed by atoms with van der Waals surface area (Å²) in [5.74, 6) is 0.726. The van der Waals surface area contributed by atoms with E-state index in [2.05, 4.69) is 22.8 Å². The molecule has 2 aromatic carbocycles. The van der Waals surface area contributed by atoms with E-state index in [4.69, 9.17) is 21.1 Å². The molecule has 6 heteroatoms. The third-order valence-corrected chi connectivity index (χ3v) is 4.58. The first-order valence-corrected chi connectivity index (χ1v) is 9.10. The molecule has 0 unspecified atom stereocenters. The smallest absolute Gasteiger partial charge is 0.251 e. The highest BCUT2D eigenvalue weighted by molar-refractivity contribution is 6.32. The van der Waals surface area contributed by atoms with Crippen molar-refractivity contribution in [2.75, 3.05) is 13.7 Å². The van der Waals surface area contributed by atoms with E-state index < -0.39 is 0 Å². The highest BCUT2D eigenvalue weighted by atomic mass is 35.5.